The molecule has 0 aliphatic carbocycles. The highest BCUT2D eigenvalue weighted by Crippen LogP contribution is 2.28. The van der Waals surface area contributed by atoms with E-state index < -0.39 is 0 Å². The minimum Gasteiger partial charge on any atom is -0.497 e. The summed E-state index contributed by atoms with van der Waals surface area (Å²) in [4.78, 5) is 0. The minimum atomic E-state index is 0.652. The van der Waals surface area contributed by atoms with Gasteiger partial charge in [-0.25, -0.2) is 0 Å². The van der Waals surface area contributed by atoms with Gasteiger partial charge in [-0.05, 0) is 42.8 Å². The SMILES string of the molecule is CCCOc1cc(Nc2ccc(OC)cc2)ccc1N. The Morgan fingerprint density at radius 1 is 1.05 bits per heavy atom. The van der Waals surface area contributed by atoms with Gasteiger partial charge >= 0.3 is 0 Å². The summed E-state index contributed by atoms with van der Waals surface area (Å²) in [6.45, 7) is 2.73. The summed E-state index contributed by atoms with van der Waals surface area (Å²) < 4.78 is 10.8. The molecule has 2 aromatic carbocycles. The number of methoxy groups -OCH3 is 1. The van der Waals surface area contributed by atoms with Crippen molar-refractivity contribution in [1.82, 2.24) is 0 Å². The lowest BCUT2D eigenvalue weighted by Crippen LogP contribution is -2.00. The molecular formula is C16H20N2O2. The van der Waals surface area contributed by atoms with Gasteiger partial charge in [-0.3, -0.25) is 0 Å². The van der Waals surface area contributed by atoms with Gasteiger partial charge in [0.15, 0.2) is 0 Å². The first kappa shape index (κ1) is 14.1. The molecule has 4 heteroatoms. The molecular weight excluding hydrogens is 252 g/mol. The van der Waals surface area contributed by atoms with E-state index in [4.69, 9.17) is 15.2 Å². The van der Waals surface area contributed by atoms with Crippen molar-refractivity contribution in [3.8, 4) is 11.5 Å². The highest BCUT2D eigenvalue weighted by Gasteiger charge is 2.03. The predicted octanol–water partition coefficient (Wildman–Crippen LogP) is 3.81. The van der Waals surface area contributed by atoms with Crippen LogP contribution in [0.3, 0.4) is 0 Å². The standard InChI is InChI=1S/C16H20N2O2/c1-3-10-20-16-11-13(6-9-15(16)17)18-12-4-7-14(19-2)8-5-12/h4-9,11,18H,3,10,17H2,1-2H3. The van der Waals surface area contributed by atoms with E-state index in [1.54, 1.807) is 7.11 Å². The van der Waals surface area contributed by atoms with Crippen molar-refractivity contribution >= 4 is 17.1 Å². The number of ether oxygens (including phenoxy) is 2. The van der Waals surface area contributed by atoms with Crippen LogP contribution >= 0.6 is 0 Å². The van der Waals surface area contributed by atoms with Crippen LogP contribution in [0.1, 0.15) is 13.3 Å². The Labute approximate surface area is 119 Å². The van der Waals surface area contributed by atoms with Crippen molar-refractivity contribution in [3.05, 3.63) is 42.5 Å². The molecule has 2 rings (SSSR count). The Bertz CT molecular complexity index is 553. The van der Waals surface area contributed by atoms with Gasteiger partial charge in [0.25, 0.3) is 0 Å². The summed E-state index contributed by atoms with van der Waals surface area (Å²) in [5.74, 6) is 1.55. The molecule has 0 saturated carbocycles. The van der Waals surface area contributed by atoms with Crippen LogP contribution in [0.15, 0.2) is 42.5 Å². The molecule has 3 N–H and O–H groups in total. The molecule has 0 bridgehead atoms. The van der Waals surface area contributed by atoms with Crippen LogP contribution < -0.4 is 20.5 Å². The fraction of sp³-hybridized carbons (Fsp3) is 0.250. The maximum atomic E-state index is 5.89. The van der Waals surface area contributed by atoms with Crippen molar-refractivity contribution < 1.29 is 9.47 Å². The van der Waals surface area contributed by atoms with E-state index in [0.717, 1.165) is 23.5 Å². The van der Waals surface area contributed by atoms with Crippen LogP contribution in [-0.4, -0.2) is 13.7 Å². The lowest BCUT2D eigenvalue weighted by atomic mass is 10.2. The molecule has 0 fully saturated rings. The van der Waals surface area contributed by atoms with Crippen LogP contribution in [0.5, 0.6) is 11.5 Å². The van der Waals surface area contributed by atoms with E-state index in [9.17, 15) is 0 Å². The predicted molar refractivity (Wildman–Crippen MR) is 82.9 cm³/mol. The van der Waals surface area contributed by atoms with Crippen molar-refractivity contribution in [1.29, 1.82) is 0 Å². The zero-order valence-electron chi connectivity index (χ0n) is 11.8. The molecule has 0 aromatic heterocycles. The first-order valence-electron chi connectivity index (χ1n) is 6.66. The van der Waals surface area contributed by atoms with Crippen LogP contribution in [0.4, 0.5) is 17.1 Å². The highest BCUT2D eigenvalue weighted by molar-refractivity contribution is 5.67. The first-order valence-corrected chi connectivity index (χ1v) is 6.66. The fourth-order valence-corrected chi connectivity index (χ4v) is 1.79. The van der Waals surface area contributed by atoms with Gasteiger partial charge in [-0.1, -0.05) is 6.92 Å². The van der Waals surface area contributed by atoms with Gasteiger partial charge in [0.05, 0.1) is 19.4 Å². The zero-order chi connectivity index (χ0) is 14.4. The van der Waals surface area contributed by atoms with E-state index in [-0.39, 0.29) is 0 Å². The molecule has 4 nitrogen and oxygen atoms in total. The molecule has 0 heterocycles. The number of nitrogen functional groups attached to an aromatic ring is 1. The van der Waals surface area contributed by atoms with Crippen LogP contribution in [0, 0.1) is 0 Å². The molecule has 0 atom stereocenters. The number of anilines is 3. The summed E-state index contributed by atoms with van der Waals surface area (Å²) >= 11 is 0. The Kier molecular flexibility index (Phi) is 4.71. The summed E-state index contributed by atoms with van der Waals surface area (Å²) in [5.41, 5.74) is 8.47. The summed E-state index contributed by atoms with van der Waals surface area (Å²) in [7, 11) is 1.65. The number of hydrogen-bond acceptors (Lipinski definition) is 4. The third-order valence-corrected chi connectivity index (χ3v) is 2.85. The Morgan fingerprint density at radius 2 is 1.75 bits per heavy atom. The van der Waals surface area contributed by atoms with Crippen molar-refractivity contribution in [2.45, 2.75) is 13.3 Å². The molecule has 0 amide bonds. The Balaban J connectivity index is 2.11. The van der Waals surface area contributed by atoms with Gasteiger partial charge < -0.3 is 20.5 Å². The molecule has 0 aliphatic heterocycles. The summed E-state index contributed by atoms with van der Waals surface area (Å²) in [6, 6.07) is 13.4. The number of rotatable bonds is 6. The molecule has 0 saturated heterocycles. The van der Waals surface area contributed by atoms with E-state index >= 15 is 0 Å². The molecule has 0 spiro atoms. The maximum absolute atomic E-state index is 5.89. The number of nitrogens with two attached hydrogens (primary N) is 1. The van der Waals surface area contributed by atoms with Gasteiger partial charge in [0.1, 0.15) is 11.5 Å². The second kappa shape index (κ2) is 6.70. The van der Waals surface area contributed by atoms with Crippen molar-refractivity contribution in [2.75, 3.05) is 24.8 Å². The molecule has 0 radical (unpaired) electrons. The second-order valence-corrected chi connectivity index (χ2v) is 4.45. The third kappa shape index (κ3) is 3.57. The smallest absolute Gasteiger partial charge is 0.144 e. The van der Waals surface area contributed by atoms with Gasteiger partial charge in [0, 0.05) is 17.4 Å². The monoisotopic (exact) mass is 272 g/mol. The molecule has 0 aliphatic rings. The van der Waals surface area contributed by atoms with E-state index in [0.29, 0.717) is 18.0 Å². The lowest BCUT2D eigenvalue weighted by Gasteiger charge is -2.12. The Morgan fingerprint density at radius 3 is 2.40 bits per heavy atom. The maximum Gasteiger partial charge on any atom is 0.144 e. The quantitative estimate of drug-likeness (QED) is 0.785. The van der Waals surface area contributed by atoms with Gasteiger partial charge in [-0.15, -0.1) is 0 Å². The third-order valence-electron chi connectivity index (χ3n) is 2.85. The van der Waals surface area contributed by atoms with Crippen LogP contribution in [0.2, 0.25) is 0 Å². The highest BCUT2D eigenvalue weighted by atomic mass is 16.5. The largest absolute Gasteiger partial charge is 0.497 e. The van der Waals surface area contributed by atoms with Crippen molar-refractivity contribution in [3.63, 3.8) is 0 Å². The summed E-state index contributed by atoms with van der Waals surface area (Å²) in [6.07, 6.45) is 0.954. The minimum absolute atomic E-state index is 0.652. The Hall–Kier alpha value is -2.36. The van der Waals surface area contributed by atoms with Crippen molar-refractivity contribution in [2.24, 2.45) is 0 Å². The fourth-order valence-electron chi connectivity index (χ4n) is 1.79. The molecule has 2 aromatic rings. The van der Waals surface area contributed by atoms with Crippen LogP contribution in [0.25, 0.3) is 0 Å². The number of benzene rings is 2. The van der Waals surface area contributed by atoms with Gasteiger partial charge in [-0.2, -0.15) is 0 Å². The first-order chi connectivity index (χ1) is 9.72. The van der Waals surface area contributed by atoms with E-state index in [1.165, 1.54) is 0 Å². The summed E-state index contributed by atoms with van der Waals surface area (Å²) in [5, 5.41) is 3.31. The lowest BCUT2D eigenvalue weighted by molar-refractivity contribution is 0.319. The van der Waals surface area contributed by atoms with E-state index in [2.05, 4.69) is 12.2 Å². The van der Waals surface area contributed by atoms with Gasteiger partial charge in [0.2, 0.25) is 0 Å². The number of hydrogen-bond donors (Lipinski definition) is 2. The molecule has 0 unspecified atom stereocenters. The zero-order valence-corrected chi connectivity index (χ0v) is 11.8. The van der Waals surface area contributed by atoms with E-state index in [1.807, 2.05) is 42.5 Å². The average Bonchev–Trinajstić information content (AvgIpc) is 2.48. The molecule has 20 heavy (non-hydrogen) atoms. The number of nitrogens with one attached hydrogen (secondary N) is 1. The normalized spacial score (nSPS) is 10.1. The topological polar surface area (TPSA) is 56.5 Å². The molecule has 106 valence electrons. The average molecular weight is 272 g/mol. The second-order valence-electron chi connectivity index (χ2n) is 4.45. The van der Waals surface area contributed by atoms with Crippen LogP contribution in [-0.2, 0) is 0 Å².